The number of amides is 1. The number of rotatable bonds is 5. The summed E-state index contributed by atoms with van der Waals surface area (Å²) in [6, 6.07) is 16.1. The second kappa shape index (κ2) is 6.52. The summed E-state index contributed by atoms with van der Waals surface area (Å²) < 4.78 is 0. The average molecular weight is 268 g/mol. The van der Waals surface area contributed by atoms with Crippen LogP contribution in [0, 0.1) is 0 Å². The maximum Gasteiger partial charge on any atom is 0.228 e. The van der Waals surface area contributed by atoms with Crippen LogP contribution in [0.5, 0.6) is 0 Å². The van der Waals surface area contributed by atoms with Crippen LogP contribution in [-0.2, 0) is 11.3 Å². The van der Waals surface area contributed by atoms with E-state index in [0.29, 0.717) is 17.8 Å². The van der Waals surface area contributed by atoms with E-state index in [1.807, 2.05) is 18.2 Å². The van der Waals surface area contributed by atoms with Crippen molar-refractivity contribution in [3.8, 4) is 0 Å². The quantitative estimate of drug-likeness (QED) is 0.496. The van der Waals surface area contributed by atoms with Gasteiger partial charge in [-0.1, -0.05) is 42.5 Å². The zero-order chi connectivity index (χ0) is 14.4. The molecule has 0 saturated carbocycles. The minimum Gasteiger partial charge on any atom is -0.399 e. The highest BCUT2D eigenvalue weighted by atomic mass is 16.2. The average Bonchev–Trinajstić information content (AvgIpc) is 2.46. The van der Waals surface area contributed by atoms with Crippen LogP contribution in [0.25, 0.3) is 0 Å². The second-order valence-corrected chi connectivity index (χ2v) is 4.49. The number of nitrogen functional groups attached to an aromatic ring is 1. The highest BCUT2D eigenvalue weighted by Gasteiger charge is 2.10. The SMILES string of the molecule is Nc1cccc(CNC(=O)CC(=O)c2ccccc2)c1. The lowest BCUT2D eigenvalue weighted by atomic mass is 10.1. The summed E-state index contributed by atoms with van der Waals surface area (Å²) in [7, 11) is 0. The monoisotopic (exact) mass is 268 g/mol. The summed E-state index contributed by atoms with van der Waals surface area (Å²) in [6.07, 6.45) is -0.146. The zero-order valence-electron chi connectivity index (χ0n) is 11.0. The van der Waals surface area contributed by atoms with E-state index in [0.717, 1.165) is 5.56 Å². The van der Waals surface area contributed by atoms with Gasteiger partial charge in [0.05, 0.1) is 6.42 Å². The molecule has 0 saturated heterocycles. The Labute approximate surface area is 117 Å². The van der Waals surface area contributed by atoms with Crippen LogP contribution < -0.4 is 11.1 Å². The maximum atomic E-state index is 11.8. The Morgan fingerprint density at radius 3 is 2.45 bits per heavy atom. The first-order valence-electron chi connectivity index (χ1n) is 6.34. The van der Waals surface area contributed by atoms with Gasteiger partial charge in [-0.3, -0.25) is 9.59 Å². The Bertz CT molecular complexity index is 609. The first-order valence-corrected chi connectivity index (χ1v) is 6.34. The highest BCUT2D eigenvalue weighted by Crippen LogP contribution is 2.06. The molecule has 2 aromatic rings. The molecule has 0 aliphatic carbocycles. The van der Waals surface area contributed by atoms with Gasteiger partial charge in [0, 0.05) is 17.8 Å². The first-order chi connectivity index (χ1) is 9.65. The molecule has 0 heterocycles. The third-order valence-corrected chi connectivity index (χ3v) is 2.86. The Morgan fingerprint density at radius 1 is 1.00 bits per heavy atom. The van der Waals surface area contributed by atoms with E-state index >= 15 is 0 Å². The summed E-state index contributed by atoms with van der Waals surface area (Å²) in [5, 5.41) is 2.71. The van der Waals surface area contributed by atoms with Gasteiger partial charge in [-0.05, 0) is 17.7 Å². The molecule has 2 rings (SSSR count). The number of Topliss-reactive ketones (excluding diaryl/α,β-unsaturated/α-hetero) is 1. The molecule has 2 aromatic carbocycles. The number of hydrogen-bond acceptors (Lipinski definition) is 3. The molecule has 102 valence electrons. The Hall–Kier alpha value is -2.62. The van der Waals surface area contributed by atoms with E-state index in [9.17, 15) is 9.59 Å². The van der Waals surface area contributed by atoms with E-state index in [1.54, 1.807) is 36.4 Å². The molecule has 0 bridgehead atoms. The fraction of sp³-hybridized carbons (Fsp3) is 0.125. The molecular formula is C16H16N2O2. The van der Waals surface area contributed by atoms with E-state index in [4.69, 9.17) is 5.73 Å². The summed E-state index contributed by atoms with van der Waals surface area (Å²) >= 11 is 0. The molecule has 0 aliphatic heterocycles. The van der Waals surface area contributed by atoms with Gasteiger partial charge >= 0.3 is 0 Å². The van der Waals surface area contributed by atoms with Crippen molar-refractivity contribution in [3.63, 3.8) is 0 Å². The number of ketones is 1. The van der Waals surface area contributed by atoms with Gasteiger partial charge in [0.1, 0.15) is 0 Å². The molecule has 0 atom stereocenters. The van der Waals surface area contributed by atoms with Crippen LogP contribution in [0.15, 0.2) is 54.6 Å². The summed E-state index contributed by atoms with van der Waals surface area (Å²) in [4.78, 5) is 23.6. The first kappa shape index (κ1) is 13.8. The summed E-state index contributed by atoms with van der Waals surface area (Å²) in [5.41, 5.74) is 7.76. The Morgan fingerprint density at radius 2 is 1.75 bits per heavy atom. The molecule has 0 radical (unpaired) electrons. The van der Waals surface area contributed by atoms with E-state index in [-0.39, 0.29) is 18.1 Å². The van der Waals surface area contributed by atoms with Gasteiger partial charge in [0.15, 0.2) is 5.78 Å². The van der Waals surface area contributed by atoms with Gasteiger partial charge in [-0.2, -0.15) is 0 Å². The predicted octanol–water partition coefficient (Wildman–Crippen LogP) is 2.16. The van der Waals surface area contributed by atoms with Crippen molar-refractivity contribution in [1.82, 2.24) is 5.32 Å². The number of anilines is 1. The lowest BCUT2D eigenvalue weighted by molar-refractivity contribution is -0.120. The number of hydrogen-bond donors (Lipinski definition) is 2. The molecule has 4 heteroatoms. The van der Waals surface area contributed by atoms with Crippen LogP contribution in [0.4, 0.5) is 5.69 Å². The number of benzene rings is 2. The number of carbonyl (C=O) groups is 2. The lowest BCUT2D eigenvalue weighted by Crippen LogP contribution is -2.25. The lowest BCUT2D eigenvalue weighted by Gasteiger charge is -2.06. The van der Waals surface area contributed by atoms with Crippen molar-refractivity contribution in [2.24, 2.45) is 0 Å². The van der Waals surface area contributed by atoms with E-state index in [2.05, 4.69) is 5.32 Å². The van der Waals surface area contributed by atoms with Crippen molar-refractivity contribution in [3.05, 3.63) is 65.7 Å². The smallest absolute Gasteiger partial charge is 0.228 e. The minimum absolute atomic E-state index is 0.146. The molecule has 3 N–H and O–H groups in total. The van der Waals surface area contributed by atoms with Gasteiger partial charge in [0.2, 0.25) is 5.91 Å². The number of nitrogens with one attached hydrogen (secondary N) is 1. The third-order valence-electron chi connectivity index (χ3n) is 2.86. The van der Waals surface area contributed by atoms with Crippen LogP contribution >= 0.6 is 0 Å². The molecule has 1 amide bonds. The molecule has 20 heavy (non-hydrogen) atoms. The van der Waals surface area contributed by atoms with Crippen LogP contribution in [0.1, 0.15) is 22.3 Å². The molecule has 0 unspecified atom stereocenters. The van der Waals surface area contributed by atoms with Gasteiger partial charge in [-0.15, -0.1) is 0 Å². The van der Waals surface area contributed by atoms with Crippen molar-refractivity contribution in [2.75, 3.05) is 5.73 Å². The summed E-state index contributed by atoms with van der Waals surface area (Å²) in [6.45, 7) is 0.367. The minimum atomic E-state index is -0.290. The number of nitrogens with two attached hydrogens (primary N) is 1. The Kier molecular flexibility index (Phi) is 4.50. The molecular weight excluding hydrogens is 252 g/mol. The van der Waals surface area contributed by atoms with Crippen LogP contribution in [0.2, 0.25) is 0 Å². The fourth-order valence-corrected chi connectivity index (χ4v) is 1.84. The topological polar surface area (TPSA) is 72.2 Å². The molecule has 0 aliphatic rings. The van der Waals surface area contributed by atoms with Crippen molar-refractivity contribution < 1.29 is 9.59 Å². The van der Waals surface area contributed by atoms with Gasteiger partial charge < -0.3 is 11.1 Å². The van der Waals surface area contributed by atoms with Gasteiger partial charge in [-0.25, -0.2) is 0 Å². The fourth-order valence-electron chi connectivity index (χ4n) is 1.84. The Balaban J connectivity index is 1.85. The van der Waals surface area contributed by atoms with Crippen LogP contribution in [-0.4, -0.2) is 11.7 Å². The van der Waals surface area contributed by atoms with Crippen LogP contribution in [0.3, 0.4) is 0 Å². The molecule has 0 aromatic heterocycles. The second-order valence-electron chi connectivity index (χ2n) is 4.49. The van der Waals surface area contributed by atoms with E-state index < -0.39 is 0 Å². The molecule has 4 nitrogen and oxygen atoms in total. The maximum absolute atomic E-state index is 11.8. The standard InChI is InChI=1S/C16H16N2O2/c17-14-8-4-5-12(9-14)11-18-16(20)10-15(19)13-6-2-1-3-7-13/h1-9H,10-11,17H2,(H,18,20). The van der Waals surface area contributed by atoms with Gasteiger partial charge in [0.25, 0.3) is 0 Å². The van der Waals surface area contributed by atoms with Crippen molar-refractivity contribution in [2.45, 2.75) is 13.0 Å². The third kappa shape index (κ3) is 3.95. The summed E-state index contributed by atoms with van der Waals surface area (Å²) in [5.74, 6) is -0.475. The largest absolute Gasteiger partial charge is 0.399 e. The van der Waals surface area contributed by atoms with Crippen molar-refractivity contribution in [1.29, 1.82) is 0 Å². The highest BCUT2D eigenvalue weighted by molar-refractivity contribution is 6.07. The van der Waals surface area contributed by atoms with Crippen molar-refractivity contribution >= 4 is 17.4 Å². The molecule has 0 spiro atoms. The molecule has 0 fully saturated rings. The normalized spacial score (nSPS) is 10.0. The van der Waals surface area contributed by atoms with E-state index in [1.165, 1.54) is 0 Å². The number of carbonyl (C=O) groups excluding carboxylic acids is 2. The zero-order valence-corrected chi connectivity index (χ0v) is 11.0. The predicted molar refractivity (Wildman–Crippen MR) is 78.1 cm³/mol.